The number of amides is 1. The van der Waals surface area contributed by atoms with Crippen LogP contribution in [0.15, 0.2) is 48.5 Å². The van der Waals surface area contributed by atoms with Crippen LogP contribution in [-0.2, 0) is 20.9 Å². The Labute approximate surface area is 161 Å². The van der Waals surface area contributed by atoms with Crippen molar-refractivity contribution in [1.82, 2.24) is 20.3 Å². The fourth-order valence-corrected chi connectivity index (χ4v) is 3.23. The monoisotopic (exact) mass is 380 g/mol. The van der Waals surface area contributed by atoms with Crippen molar-refractivity contribution in [2.45, 2.75) is 32.0 Å². The number of benzene rings is 2. The van der Waals surface area contributed by atoms with Crippen LogP contribution < -0.4 is 10.1 Å². The molecule has 0 saturated carbocycles. The predicted octanol–water partition coefficient (Wildman–Crippen LogP) is 2.00. The number of hydrogen-bond acceptors (Lipinski definition) is 6. The summed E-state index contributed by atoms with van der Waals surface area (Å²) in [5.41, 5.74) is 2.35. The molecule has 1 amide bonds. The zero-order valence-corrected chi connectivity index (χ0v) is 15.4. The highest BCUT2D eigenvalue weighted by Crippen LogP contribution is 2.31. The molecule has 2 unspecified atom stereocenters. The lowest BCUT2D eigenvalue weighted by Crippen LogP contribution is -2.40. The first-order valence-electron chi connectivity index (χ1n) is 9.11. The second kappa shape index (κ2) is 7.67. The summed E-state index contributed by atoms with van der Waals surface area (Å²) in [5, 5.41) is 10.9. The Morgan fingerprint density at radius 2 is 2.04 bits per heavy atom. The van der Waals surface area contributed by atoms with E-state index in [-0.39, 0.29) is 18.5 Å². The van der Waals surface area contributed by atoms with Gasteiger partial charge in [0.05, 0.1) is 18.2 Å². The molecule has 0 fully saturated rings. The van der Waals surface area contributed by atoms with E-state index in [1.54, 1.807) is 6.92 Å². The highest BCUT2D eigenvalue weighted by atomic mass is 16.5. The predicted molar refractivity (Wildman–Crippen MR) is 101 cm³/mol. The second-order valence-corrected chi connectivity index (χ2v) is 6.60. The number of nitrogens with zero attached hydrogens (tertiary/aromatic N) is 3. The number of ether oxygens (including phenoxy) is 2. The lowest BCUT2D eigenvalue weighted by Gasteiger charge is -2.27. The molecule has 0 aliphatic carbocycles. The highest BCUT2D eigenvalue weighted by Gasteiger charge is 2.26. The van der Waals surface area contributed by atoms with Crippen LogP contribution in [0.4, 0.5) is 0 Å². The van der Waals surface area contributed by atoms with E-state index in [1.165, 1.54) is 4.68 Å². The molecular formula is C20H20N4O4. The van der Waals surface area contributed by atoms with Crippen LogP contribution >= 0.6 is 0 Å². The van der Waals surface area contributed by atoms with Gasteiger partial charge in [0.2, 0.25) is 0 Å². The van der Waals surface area contributed by atoms with Crippen LogP contribution in [0, 0.1) is 0 Å². The second-order valence-electron chi connectivity index (χ2n) is 6.60. The fraction of sp³-hybridized carbons (Fsp3) is 0.300. The van der Waals surface area contributed by atoms with Crippen LogP contribution in [0.5, 0.6) is 5.75 Å². The van der Waals surface area contributed by atoms with Gasteiger partial charge < -0.3 is 14.8 Å². The van der Waals surface area contributed by atoms with E-state index >= 15 is 0 Å². The van der Waals surface area contributed by atoms with Crippen LogP contribution in [0.3, 0.4) is 0 Å². The largest absolute Gasteiger partial charge is 0.493 e. The van der Waals surface area contributed by atoms with Gasteiger partial charge in [0.25, 0.3) is 5.91 Å². The van der Waals surface area contributed by atoms with E-state index in [2.05, 4.69) is 15.6 Å². The molecule has 0 saturated heterocycles. The van der Waals surface area contributed by atoms with Crippen LogP contribution in [0.2, 0.25) is 0 Å². The molecule has 1 aromatic heterocycles. The highest BCUT2D eigenvalue weighted by molar-refractivity contribution is 5.84. The Morgan fingerprint density at radius 3 is 2.93 bits per heavy atom. The molecule has 2 heterocycles. The van der Waals surface area contributed by atoms with Gasteiger partial charge in [-0.2, -0.15) is 0 Å². The number of nitrogens with one attached hydrogen (secondary N) is 1. The van der Waals surface area contributed by atoms with Gasteiger partial charge in [-0.15, -0.1) is 5.10 Å². The van der Waals surface area contributed by atoms with Gasteiger partial charge in [0, 0.05) is 12.0 Å². The number of para-hydroxylation sites is 2. The van der Waals surface area contributed by atoms with Crippen LogP contribution in [0.1, 0.15) is 24.9 Å². The van der Waals surface area contributed by atoms with Crippen molar-refractivity contribution < 1.29 is 19.1 Å². The van der Waals surface area contributed by atoms with Gasteiger partial charge in [-0.3, -0.25) is 9.59 Å². The molecule has 0 radical (unpaired) electrons. The molecule has 1 N–H and O–H groups in total. The number of carbonyl (C=O) groups is 2. The molecule has 0 spiro atoms. The van der Waals surface area contributed by atoms with Crippen molar-refractivity contribution >= 4 is 22.9 Å². The van der Waals surface area contributed by atoms with Gasteiger partial charge in [-0.25, -0.2) is 4.68 Å². The summed E-state index contributed by atoms with van der Waals surface area (Å²) in [6.07, 6.45) is -0.258. The van der Waals surface area contributed by atoms with Crippen LogP contribution in [-0.4, -0.2) is 39.6 Å². The van der Waals surface area contributed by atoms with Gasteiger partial charge in [0.15, 0.2) is 6.10 Å². The van der Waals surface area contributed by atoms with Crippen LogP contribution in [0.25, 0.3) is 11.0 Å². The number of fused-ring (bicyclic) bond motifs is 2. The Bertz CT molecular complexity index is 1020. The summed E-state index contributed by atoms with van der Waals surface area (Å²) in [4.78, 5) is 24.8. The maximum Gasteiger partial charge on any atom is 0.328 e. The Hall–Kier alpha value is -3.42. The minimum atomic E-state index is -0.919. The summed E-state index contributed by atoms with van der Waals surface area (Å²) >= 11 is 0. The molecule has 4 rings (SSSR count). The zero-order valence-electron chi connectivity index (χ0n) is 15.4. The summed E-state index contributed by atoms with van der Waals surface area (Å²) < 4.78 is 12.4. The van der Waals surface area contributed by atoms with Gasteiger partial charge in [-0.05, 0) is 25.1 Å². The van der Waals surface area contributed by atoms with E-state index in [4.69, 9.17) is 9.47 Å². The van der Waals surface area contributed by atoms with Gasteiger partial charge >= 0.3 is 5.97 Å². The molecule has 1 aliphatic rings. The minimum absolute atomic E-state index is 0.113. The van der Waals surface area contributed by atoms with Crippen molar-refractivity contribution in [3.63, 3.8) is 0 Å². The van der Waals surface area contributed by atoms with E-state index in [9.17, 15) is 9.59 Å². The summed E-state index contributed by atoms with van der Waals surface area (Å²) in [5.74, 6) is -0.133. The summed E-state index contributed by atoms with van der Waals surface area (Å²) in [6.45, 7) is 1.96. The standard InChI is InChI=1S/C20H20N4O4/c1-13(20(26)21-15-10-11-27-18-9-5-2-6-14(15)18)28-19(25)12-24-17-8-4-3-7-16(17)22-23-24/h2-9,13,15H,10-12H2,1H3,(H,21,26). The van der Waals surface area contributed by atoms with Crippen molar-refractivity contribution in [3.8, 4) is 5.75 Å². The molecule has 2 atom stereocenters. The molecule has 2 aromatic carbocycles. The van der Waals surface area contributed by atoms with Crippen molar-refractivity contribution in [2.24, 2.45) is 0 Å². The third-order valence-electron chi connectivity index (χ3n) is 4.65. The molecule has 8 heteroatoms. The lowest BCUT2D eigenvalue weighted by molar-refractivity contribution is -0.155. The number of hydrogen-bond donors (Lipinski definition) is 1. The average molecular weight is 380 g/mol. The SMILES string of the molecule is CC(OC(=O)Cn1nnc2ccccc21)C(=O)NC1CCOc2ccccc21. The molecule has 0 bridgehead atoms. The maximum absolute atomic E-state index is 12.5. The van der Waals surface area contributed by atoms with Crippen molar-refractivity contribution in [1.29, 1.82) is 0 Å². The van der Waals surface area contributed by atoms with E-state index < -0.39 is 12.1 Å². The van der Waals surface area contributed by atoms with Crippen molar-refractivity contribution in [2.75, 3.05) is 6.61 Å². The Balaban J connectivity index is 1.36. The fourth-order valence-electron chi connectivity index (χ4n) is 3.23. The third kappa shape index (κ3) is 3.66. The minimum Gasteiger partial charge on any atom is -0.493 e. The molecule has 1 aliphatic heterocycles. The summed E-state index contributed by atoms with van der Waals surface area (Å²) in [6, 6.07) is 14.7. The van der Waals surface area contributed by atoms with E-state index in [0.717, 1.165) is 16.8 Å². The quantitative estimate of drug-likeness (QED) is 0.681. The molecule has 28 heavy (non-hydrogen) atoms. The molecular weight excluding hydrogens is 360 g/mol. The number of rotatable bonds is 5. The average Bonchev–Trinajstić information content (AvgIpc) is 3.11. The molecule has 3 aromatic rings. The van der Waals surface area contributed by atoms with Gasteiger partial charge in [0.1, 0.15) is 17.8 Å². The lowest BCUT2D eigenvalue weighted by atomic mass is 10.0. The van der Waals surface area contributed by atoms with E-state index in [0.29, 0.717) is 18.5 Å². The Kier molecular flexibility index (Phi) is 4.92. The number of carbonyl (C=O) groups excluding carboxylic acids is 2. The molecule has 144 valence electrons. The number of esters is 1. The first-order valence-corrected chi connectivity index (χ1v) is 9.11. The molecule has 8 nitrogen and oxygen atoms in total. The first-order chi connectivity index (χ1) is 13.6. The first kappa shape index (κ1) is 18.0. The maximum atomic E-state index is 12.5. The zero-order chi connectivity index (χ0) is 19.5. The Morgan fingerprint density at radius 1 is 1.25 bits per heavy atom. The summed E-state index contributed by atoms with van der Waals surface area (Å²) in [7, 11) is 0. The number of aromatic nitrogens is 3. The van der Waals surface area contributed by atoms with E-state index in [1.807, 2.05) is 48.5 Å². The smallest absolute Gasteiger partial charge is 0.328 e. The third-order valence-corrected chi connectivity index (χ3v) is 4.65. The topological polar surface area (TPSA) is 95.3 Å². The van der Waals surface area contributed by atoms with Gasteiger partial charge in [-0.1, -0.05) is 35.5 Å². The normalized spacial score (nSPS) is 16.7. The van der Waals surface area contributed by atoms with Crippen molar-refractivity contribution in [3.05, 3.63) is 54.1 Å².